The third-order valence-corrected chi connectivity index (χ3v) is 2.40. The minimum atomic E-state index is -0.410. The number of nitro groups is 1. The first-order chi connectivity index (χ1) is 8.16. The number of aryl methyl sites for hydroxylation is 1. The summed E-state index contributed by atoms with van der Waals surface area (Å²) in [4.78, 5) is 18.4. The van der Waals surface area contributed by atoms with Crippen molar-refractivity contribution >= 4 is 0 Å². The first-order valence-corrected chi connectivity index (χ1v) is 5.03. The molecule has 0 aliphatic carbocycles. The normalized spacial score (nSPS) is 12.3. The van der Waals surface area contributed by atoms with Crippen LogP contribution in [0.25, 0.3) is 0 Å². The molecule has 0 aromatic carbocycles. The maximum Gasteiger partial charge on any atom is 0.216 e. The highest BCUT2D eigenvalue weighted by atomic mass is 16.6. The van der Waals surface area contributed by atoms with E-state index in [4.69, 9.17) is 0 Å². The fourth-order valence-corrected chi connectivity index (χ4v) is 1.63. The average Bonchev–Trinajstić information content (AvgIpc) is 2.73. The van der Waals surface area contributed by atoms with Crippen LogP contribution in [0.3, 0.4) is 0 Å². The number of rotatable bonds is 4. The van der Waals surface area contributed by atoms with Crippen LogP contribution in [0.1, 0.15) is 17.2 Å². The summed E-state index contributed by atoms with van der Waals surface area (Å²) in [5.74, 6) is -0.410. The second-order valence-electron chi connectivity index (χ2n) is 3.65. The molecule has 0 saturated carbocycles. The predicted molar refractivity (Wildman–Crippen MR) is 58.9 cm³/mol. The zero-order chi connectivity index (χ0) is 12.3. The molecule has 0 N–H and O–H groups in total. The van der Waals surface area contributed by atoms with Gasteiger partial charge in [0.25, 0.3) is 0 Å². The van der Waals surface area contributed by atoms with Crippen molar-refractivity contribution in [1.29, 1.82) is 0 Å². The first-order valence-electron chi connectivity index (χ1n) is 5.03. The lowest BCUT2D eigenvalue weighted by Crippen LogP contribution is -2.14. The summed E-state index contributed by atoms with van der Waals surface area (Å²) in [5.41, 5.74) is 1.35. The number of nitrogens with zero attached hydrogens (tertiary/aromatic N) is 5. The molecular weight excluding hydrogens is 222 g/mol. The Hall–Kier alpha value is -2.31. The van der Waals surface area contributed by atoms with Crippen LogP contribution < -0.4 is 0 Å². The van der Waals surface area contributed by atoms with E-state index < -0.39 is 5.92 Å². The van der Waals surface area contributed by atoms with E-state index in [0.717, 1.165) is 5.56 Å². The van der Waals surface area contributed by atoms with Crippen molar-refractivity contribution in [1.82, 2.24) is 19.7 Å². The van der Waals surface area contributed by atoms with Gasteiger partial charge >= 0.3 is 0 Å². The molecule has 2 aromatic rings. The molecule has 17 heavy (non-hydrogen) atoms. The Morgan fingerprint density at radius 2 is 2.29 bits per heavy atom. The van der Waals surface area contributed by atoms with Crippen molar-refractivity contribution in [3.8, 4) is 0 Å². The van der Waals surface area contributed by atoms with E-state index in [0.29, 0.717) is 5.69 Å². The topological polar surface area (TPSA) is 86.7 Å². The molecule has 7 nitrogen and oxygen atoms in total. The second-order valence-corrected chi connectivity index (χ2v) is 3.65. The number of hydrogen-bond acceptors (Lipinski definition) is 5. The maximum absolute atomic E-state index is 10.7. The Kier molecular flexibility index (Phi) is 3.08. The molecule has 0 spiro atoms. The van der Waals surface area contributed by atoms with Crippen molar-refractivity contribution in [2.24, 2.45) is 7.05 Å². The van der Waals surface area contributed by atoms with Crippen LogP contribution >= 0.6 is 0 Å². The van der Waals surface area contributed by atoms with Gasteiger partial charge < -0.3 is 0 Å². The van der Waals surface area contributed by atoms with Gasteiger partial charge in [0.15, 0.2) is 0 Å². The molecule has 1 atom stereocenters. The molecular formula is C10H11N5O2. The van der Waals surface area contributed by atoms with Crippen LogP contribution in [0.4, 0.5) is 0 Å². The average molecular weight is 233 g/mol. The van der Waals surface area contributed by atoms with Gasteiger partial charge in [-0.25, -0.2) is 0 Å². The van der Waals surface area contributed by atoms with Gasteiger partial charge in [0, 0.05) is 42.3 Å². The molecule has 0 amide bonds. The molecule has 2 aromatic heterocycles. The Morgan fingerprint density at radius 3 is 2.82 bits per heavy atom. The Morgan fingerprint density at radius 1 is 1.47 bits per heavy atom. The number of aromatic nitrogens is 4. The predicted octanol–water partition coefficient (Wildman–Crippen LogP) is 0.619. The molecule has 0 bridgehead atoms. The van der Waals surface area contributed by atoms with Gasteiger partial charge in [-0.05, 0) is 0 Å². The molecule has 7 heteroatoms. The largest absolute Gasteiger partial charge is 0.276 e. The van der Waals surface area contributed by atoms with Gasteiger partial charge in [0.05, 0.1) is 17.8 Å². The summed E-state index contributed by atoms with van der Waals surface area (Å²) in [5, 5.41) is 14.7. The summed E-state index contributed by atoms with van der Waals surface area (Å²) >= 11 is 0. The lowest BCUT2D eigenvalue weighted by Gasteiger charge is -2.09. The molecule has 2 rings (SSSR count). The van der Waals surface area contributed by atoms with Crippen molar-refractivity contribution < 1.29 is 4.92 Å². The smallest absolute Gasteiger partial charge is 0.216 e. The highest BCUT2D eigenvalue weighted by Gasteiger charge is 2.22. The summed E-state index contributed by atoms with van der Waals surface area (Å²) in [6.07, 6.45) is 7.97. The van der Waals surface area contributed by atoms with E-state index in [-0.39, 0.29) is 11.5 Å². The van der Waals surface area contributed by atoms with Gasteiger partial charge in [-0.15, -0.1) is 0 Å². The molecule has 88 valence electrons. The van der Waals surface area contributed by atoms with Gasteiger partial charge in [-0.3, -0.25) is 24.8 Å². The van der Waals surface area contributed by atoms with Gasteiger partial charge in [0.2, 0.25) is 6.54 Å². The SMILES string of the molecule is Cn1cc(C(C[N+](=O)[O-])c2cnccn2)cn1. The molecule has 0 saturated heterocycles. The summed E-state index contributed by atoms with van der Waals surface area (Å²) in [6, 6.07) is 0. The van der Waals surface area contributed by atoms with E-state index in [1.165, 1.54) is 12.4 Å². The van der Waals surface area contributed by atoms with E-state index in [2.05, 4.69) is 15.1 Å². The Bertz CT molecular complexity index is 510. The highest BCUT2D eigenvalue weighted by molar-refractivity contribution is 5.22. The molecule has 0 aliphatic heterocycles. The van der Waals surface area contributed by atoms with E-state index >= 15 is 0 Å². The molecule has 0 aliphatic rings. The van der Waals surface area contributed by atoms with E-state index in [9.17, 15) is 10.1 Å². The Balaban J connectivity index is 2.35. The lowest BCUT2D eigenvalue weighted by atomic mass is 9.99. The lowest BCUT2D eigenvalue weighted by molar-refractivity contribution is -0.482. The minimum absolute atomic E-state index is 0.218. The van der Waals surface area contributed by atoms with Crippen molar-refractivity contribution in [2.45, 2.75) is 5.92 Å². The molecule has 2 heterocycles. The quantitative estimate of drug-likeness (QED) is 0.570. The number of hydrogen-bond donors (Lipinski definition) is 0. The standard InChI is InChI=1S/C10H11N5O2/c1-14-6-8(4-13-14)9(7-15(16)17)10-5-11-2-3-12-10/h2-6,9H,7H2,1H3. The fraction of sp³-hybridized carbons (Fsp3) is 0.300. The Labute approximate surface area is 97.3 Å². The first kappa shape index (κ1) is 11.2. The van der Waals surface area contributed by atoms with Gasteiger partial charge in [-0.1, -0.05) is 0 Å². The van der Waals surface area contributed by atoms with Crippen molar-refractivity contribution in [3.05, 3.63) is 52.4 Å². The summed E-state index contributed by atoms with van der Waals surface area (Å²) < 4.78 is 1.61. The fourth-order valence-electron chi connectivity index (χ4n) is 1.63. The van der Waals surface area contributed by atoms with Crippen LogP contribution in [-0.2, 0) is 7.05 Å². The molecule has 0 radical (unpaired) electrons. The van der Waals surface area contributed by atoms with E-state index in [1.54, 1.807) is 30.3 Å². The van der Waals surface area contributed by atoms with Crippen LogP contribution in [0.2, 0.25) is 0 Å². The van der Waals surface area contributed by atoms with Crippen LogP contribution in [0.15, 0.2) is 31.0 Å². The maximum atomic E-state index is 10.7. The highest BCUT2D eigenvalue weighted by Crippen LogP contribution is 2.21. The minimum Gasteiger partial charge on any atom is -0.276 e. The van der Waals surface area contributed by atoms with Crippen molar-refractivity contribution in [2.75, 3.05) is 6.54 Å². The summed E-state index contributed by atoms with van der Waals surface area (Å²) in [7, 11) is 1.77. The van der Waals surface area contributed by atoms with Crippen LogP contribution in [0, 0.1) is 10.1 Å². The van der Waals surface area contributed by atoms with E-state index in [1.807, 2.05) is 0 Å². The third-order valence-electron chi connectivity index (χ3n) is 2.40. The van der Waals surface area contributed by atoms with Gasteiger partial charge in [0.1, 0.15) is 0 Å². The zero-order valence-corrected chi connectivity index (χ0v) is 9.22. The zero-order valence-electron chi connectivity index (χ0n) is 9.22. The summed E-state index contributed by atoms with van der Waals surface area (Å²) in [6.45, 7) is -0.218. The third kappa shape index (κ3) is 2.63. The molecule has 0 fully saturated rings. The van der Waals surface area contributed by atoms with Crippen LogP contribution in [-0.4, -0.2) is 31.2 Å². The monoisotopic (exact) mass is 233 g/mol. The van der Waals surface area contributed by atoms with Gasteiger partial charge in [-0.2, -0.15) is 5.10 Å². The molecule has 1 unspecified atom stereocenters. The second kappa shape index (κ2) is 4.69. The van der Waals surface area contributed by atoms with Crippen molar-refractivity contribution in [3.63, 3.8) is 0 Å². The van der Waals surface area contributed by atoms with Crippen LogP contribution in [0.5, 0.6) is 0 Å².